The lowest BCUT2D eigenvalue weighted by Crippen LogP contribution is -2.25. The predicted molar refractivity (Wildman–Crippen MR) is 153 cm³/mol. The van der Waals surface area contributed by atoms with Gasteiger partial charge in [0.2, 0.25) is 0 Å². The SMILES string of the molecule is COc1cccc(C=Nn2c(C3CCCCC3)nc3ccc(Br)cc3c2=O)c1OCc1cccc([N+](=O)[O-])c1. The highest BCUT2D eigenvalue weighted by molar-refractivity contribution is 9.10. The Bertz CT molecular complexity index is 1610. The average Bonchev–Trinajstić information content (AvgIpc) is 2.96. The first-order valence-corrected chi connectivity index (χ1v) is 13.5. The van der Waals surface area contributed by atoms with Gasteiger partial charge < -0.3 is 9.47 Å². The van der Waals surface area contributed by atoms with Crippen molar-refractivity contribution in [3.63, 3.8) is 0 Å². The number of halogens is 1. The van der Waals surface area contributed by atoms with Crippen molar-refractivity contribution in [2.45, 2.75) is 44.6 Å². The second-order valence-corrected chi connectivity index (χ2v) is 10.3. The Kier molecular flexibility index (Phi) is 8.02. The van der Waals surface area contributed by atoms with Crippen LogP contribution in [0.4, 0.5) is 5.69 Å². The lowest BCUT2D eigenvalue weighted by Gasteiger charge is -2.22. The Morgan fingerprint density at radius 2 is 1.92 bits per heavy atom. The fourth-order valence-corrected chi connectivity index (χ4v) is 5.25. The van der Waals surface area contributed by atoms with Crippen LogP contribution in [0.25, 0.3) is 10.9 Å². The molecule has 200 valence electrons. The van der Waals surface area contributed by atoms with Gasteiger partial charge in [-0.15, -0.1) is 0 Å². The number of nitrogens with zero attached hydrogens (tertiary/aromatic N) is 4. The van der Waals surface area contributed by atoms with Gasteiger partial charge in [-0.2, -0.15) is 9.78 Å². The molecular formula is C29H27BrN4O5. The molecular weight excluding hydrogens is 564 g/mol. The molecule has 1 aliphatic carbocycles. The lowest BCUT2D eigenvalue weighted by atomic mass is 9.88. The highest BCUT2D eigenvalue weighted by atomic mass is 79.9. The molecule has 10 heteroatoms. The summed E-state index contributed by atoms with van der Waals surface area (Å²) in [5, 5.41) is 16.3. The van der Waals surface area contributed by atoms with Gasteiger partial charge in [0.25, 0.3) is 11.2 Å². The van der Waals surface area contributed by atoms with Gasteiger partial charge in [-0.05, 0) is 48.7 Å². The molecule has 1 heterocycles. The van der Waals surface area contributed by atoms with Crippen molar-refractivity contribution in [1.82, 2.24) is 9.66 Å². The van der Waals surface area contributed by atoms with E-state index in [9.17, 15) is 14.9 Å². The Morgan fingerprint density at radius 3 is 2.69 bits per heavy atom. The summed E-state index contributed by atoms with van der Waals surface area (Å²) in [4.78, 5) is 29.3. The highest BCUT2D eigenvalue weighted by Crippen LogP contribution is 2.33. The van der Waals surface area contributed by atoms with Crippen LogP contribution in [0, 0.1) is 10.1 Å². The van der Waals surface area contributed by atoms with Crippen LogP contribution in [0.3, 0.4) is 0 Å². The number of fused-ring (bicyclic) bond motifs is 1. The first-order chi connectivity index (χ1) is 18.9. The molecule has 1 aliphatic rings. The van der Waals surface area contributed by atoms with E-state index in [1.165, 1.54) is 30.3 Å². The molecule has 0 aliphatic heterocycles. The molecule has 0 radical (unpaired) electrons. The number of benzene rings is 3. The van der Waals surface area contributed by atoms with Crippen LogP contribution in [0.15, 0.2) is 75.0 Å². The van der Waals surface area contributed by atoms with Crippen LogP contribution in [-0.2, 0) is 6.61 Å². The molecule has 1 saturated carbocycles. The first kappa shape index (κ1) is 26.6. The maximum atomic E-state index is 13.6. The molecule has 3 aromatic carbocycles. The van der Waals surface area contributed by atoms with Crippen LogP contribution in [-0.4, -0.2) is 27.9 Å². The molecule has 0 spiro atoms. The monoisotopic (exact) mass is 590 g/mol. The molecule has 0 N–H and O–H groups in total. The van der Waals surface area contributed by atoms with Gasteiger partial charge in [-0.3, -0.25) is 14.9 Å². The second kappa shape index (κ2) is 11.8. The standard InChI is InChI=1S/C29H27BrN4O5/c1-38-26-12-6-10-21(27(26)39-18-19-7-5-11-23(15-19)34(36)37)17-31-33-28(20-8-3-2-4-9-20)32-25-14-13-22(30)16-24(25)29(33)35/h5-7,10-17,20H,2-4,8-9,18H2,1H3. The Morgan fingerprint density at radius 1 is 1.13 bits per heavy atom. The zero-order valence-corrected chi connectivity index (χ0v) is 23.0. The van der Waals surface area contributed by atoms with Crippen molar-refractivity contribution < 1.29 is 14.4 Å². The normalized spacial score (nSPS) is 14.1. The summed E-state index contributed by atoms with van der Waals surface area (Å²) < 4.78 is 13.8. The number of hydrogen-bond donors (Lipinski definition) is 0. The van der Waals surface area contributed by atoms with E-state index in [1.54, 1.807) is 36.5 Å². The van der Waals surface area contributed by atoms with Crippen LogP contribution in [0.1, 0.15) is 55.0 Å². The Hall–Kier alpha value is -4.05. The van der Waals surface area contributed by atoms with Crippen LogP contribution < -0.4 is 15.0 Å². The Balaban J connectivity index is 1.54. The molecule has 0 bridgehead atoms. The summed E-state index contributed by atoms with van der Waals surface area (Å²) in [6.45, 7) is 0.0850. The number of methoxy groups -OCH3 is 1. The van der Waals surface area contributed by atoms with Crippen molar-refractivity contribution in [3.8, 4) is 11.5 Å². The number of nitro groups is 1. The topological polar surface area (TPSA) is 109 Å². The Labute approximate surface area is 233 Å². The second-order valence-electron chi connectivity index (χ2n) is 9.42. The van der Waals surface area contributed by atoms with Gasteiger partial charge in [-0.1, -0.05) is 53.4 Å². The zero-order chi connectivity index (χ0) is 27.4. The minimum Gasteiger partial charge on any atom is -0.493 e. The molecule has 0 amide bonds. The van der Waals surface area contributed by atoms with E-state index in [0.717, 1.165) is 30.2 Å². The van der Waals surface area contributed by atoms with Gasteiger partial charge in [0.1, 0.15) is 12.4 Å². The van der Waals surface area contributed by atoms with Crippen molar-refractivity contribution in [1.29, 1.82) is 0 Å². The quantitative estimate of drug-likeness (QED) is 0.130. The van der Waals surface area contributed by atoms with Crippen molar-refractivity contribution in [2.24, 2.45) is 5.10 Å². The largest absolute Gasteiger partial charge is 0.493 e. The first-order valence-electron chi connectivity index (χ1n) is 12.7. The van der Waals surface area contributed by atoms with Crippen molar-refractivity contribution in [2.75, 3.05) is 7.11 Å². The number of non-ortho nitro benzene ring substituents is 1. The van der Waals surface area contributed by atoms with E-state index in [1.807, 2.05) is 18.2 Å². The zero-order valence-electron chi connectivity index (χ0n) is 21.4. The molecule has 5 rings (SSSR count). The third-order valence-corrected chi connectivity index (χ3v) is 7.34. The highest BCUT2D eigenvalue weighted by Gasteiger charge is 2.23. The number of aromatic nitrogens is 2. The number of hydrogen-bond acceptors (Lipinski definition) is 7. The van der Waals surface area contributed by atoms with Crippen LogP contribution >= 0.6 is 15.9 Å². The average molecular weight is 591 g/mol. The molecule has 0 atom stereocenters. The van der Waals surface area contributed by atoms with Gasteiger partial charge in [0.05, 0.1) is 29.2 Å². The minimum absolute atomic E-state index is 0.0111. The predicted octanol–water partition coefficient (Wildman–Crippen LogP) is 6.58. The van der Waals surface area contributed by atoms with Crippen molar-refractivity contribution in [3.05, 3.63) is 103 Å². The summed E-state index contributed by atoms with van der Waals surface area (Å²) in [5.41, 5.74) is 1.63. The van der Waals surface area contributed by atoms with Gasteiger partial charge >= 0.3 is 0 Å². The maximum Gasteiger partial charge on any atom is 0.282 e. The molecule has 0 saturated heterocycles. The lowest BCUT2D eigenvalue weighted by molar-refractivity contribution is -0.384. The summed E-state index contributed by atoms with van der Waals surface area (Å²) in [6.07, 6.45) is 6.86. The summed E-state index contributed by atoms with van der Waals surface area (Å²) in [7, 11) is 1.53. The molecule has 39 heavy (non-hydrogen) atoms. The number of ether oxygens (including phenoxy) is 2. The van der Waals surface area contributed by atoms with Crippen LogP contribution in [0.5, 0.6) is 11.5 Å². The number of rotatable bonds is 8. The van der Waals surface area contributed by atoms with Crippen LogP contribution in [0.2, 0.25) is 0 Å². The maximum absolute atomic E-state index is 13.6. The van der Waals surface area contributed by atoms with Gasteiger partial charge in [-0.25, -0.2) is 4.98 Å². The molecule has 1 aromatic heterocycles. The van der Waals surface area contributed by atoms with Gasteiger partial charge in [0.15, 0.2) is 11.5 Å². The fraction of sp³-hybridized carbons (Fsp3) is 0.276. The van der Waals surface area contributed by atoms with Crippen molar-refractivity contribution >= 4 is 38.7 Å². The molecule has 4 aromatic rings. The summed E-state index contributed by atoms with van der Waals surface area (Å²) in [6, 6.07) is 17.1. The van der Waals surface area contributed by atoms with E-state index >= 15 is 0 Å². The summed E-state index contributed by atoms with van der Waals surface area (Å²) in [5.74, 6) is 1.70. The molecule has 0 unspecified atom stereocenters. The van der Waals surface area contributed by atoms with E-state index in [2.05, 4.69) is 21.0 Å². The molecule has 9 nitrogen and oxygen atoms in total. The summed E-state index contributed by atoms with van der Waals surface area (Å²) >= 11 is 3.45. The van der Waals surface area contributed by atoms with E-state index in [0.29, 0.717) is 39.4 Å². The fourth-order valence-electron chi connectivity index (χ4n) is 4.89. The smallest absolute Gasteiger partial charge is 0.282 e. The molecule has 1 fully saturated rings. The van der Waals surface area contributed by atoms with E-state index in [-0.39, 0.29) is 23.8 Å². The third kappa shape index (κ3) is 5.85. The number of nitro benzene ring substituents is 1. The van der Waals surface area contributed by atoms with E-state index < -0.39 is 4.92 Å². The number of para-hydroxylation sites is 1. The van der Waals surface area contributed by atoms with Gasteiger partial charge in [0, 0.05) is 28.1 Å². The third-order valence-electron chi connectivity index (χ3n) is 6.85. The van der Waals surface area contributed by atoms with E-state index in [4.69, 9.17) is 14.5 Å². The minimum atomic E-state index is -0.442.